The molecular formula is C5H8N4O. The molecule has 0 fully saturated rings. The highest BCUT2D eigenvalue weighted by Gasteiger charge is 2.03. The van der Waals surface area contributed by atoms with Crippen molar-refractivity contribution in [3.63, 3.8) is 0 Å². The van der Waals surface area contributed by atoms with Gasteiger partial charge in [0, 0.05) is 6.07 Å². The quantitative estimate of drug-likeness (QED) is 0.239. The van der Waals surface area contributed by atoms with Crippen molar-refractivity contribution in [1.82, 2.24) is 5.16 Å². The minimum Gasteiger partial charge on any atom is -0.379 e. The minimum atomic E-state index is 0.153. The third kappa shape index (κ3) is 1.07. The first-order valence-corrected chi connectivity index (χ1v) is 2.71. The van der Waals surface area contributed by atoms with E-state index < -0.39 is 0 Å². The Hall–Kier alpha value is -1.52. The summed E-state index contributed by atoms with van der Waals surface area (Å²) in [5.74, 6) is 5.44. The highest BCUT2D eigenvalue weighted by atomic mass is 16.5. The molecule has 10 heavy (non-hydrogen) atoms. The van der Waals surface area contributed by atoms with Gasteiger partial charge in [0.1, 0.15) is 0 Å². The Balaban J connectivity index is 2.95. The SMILES string of the molecule is Cc1cc(C(N)=NN)on1. The Kier molecular flexibility index (Phi) is 1.57. The summed E-state index contributed by atoms with van der Waals surface area (Å²) < 4.78 is 4.73. The lowest BCUT2D eigenvalue weighted by atomic mass is 10.4. The minimum absolute atomic E-state index is 0.153. The van der Waals surface area contributed by atoms with Gasteiger partial charge in [0.05, 0.1) is 5.69 Å². The summed E-state index contributed by atoms with van der Waals surface area (Å²) in [5, 5.41) is 6.83. The van der Waals surface area contributed by atoms with E-state index in [0.29, 0.717) is 5.76 Å². The fraction of sp³-hybridized carbons (Fsp3) is 0.200. The second-order valence-electron chi connectivity index (χ2n) is 1.85. The van der Waals surface area contributed by atoms with Gasteiger partial charge in [0.2, 0.25) is 5.76 Å². The molecule has 0 spiro atoms. The normalized spacial score (nSPS) is 11.9. The van der Waals surface area contributed by atoms with E-state index in [9.17, 15) is 0 Å². The van der Waals surface area contributed by atoms with Crippen molar-refractivity contribution in [2.45, 2.75) is 6.92 Å². The molecule has 0 radical (unpaired) electrons. The molecule has 0 aliphatic rings. The first-order valence-electron chi connectivity index (χ1n) is 2.71. The summed E-state index contributed by atoms with van der Waals surface area (Å²) >= 11 is 0. The number of nitrogens with zero attached hydrogens (tertiary/aromatic N) is 2. The molecule has 0 atom stereocenters. The zero-order chi connectivity index (χ0) is 7.56. The lowest BCUT2D eigenvalue weighted by molar-refractivity contribution is 0.408. The van der Waals surface area contributed by atoms with Crippen LogP contribution in [0.25, 0.3) is 0 Å². The van der Waals surface area contributed by atoms with Crippen molar-refractivity contribution in [3.8, 4) is 0 Å². The molecule has 0 aromatic carbocycles. The van der Waals surface area contributed by atoms with Crippen molar-refractivity contribution in [2.24, 2.45) is 16.7 Å². The van der Waals surface area contributed by atoms with Crippen LogP contribution in [0.2, 0.25) is 0 Å². The van der Waals surface area contributed by atoms with E-state index >= 15 is 0 Å². The number of hydrazone groups is 1. The molecule has 0 aliphatic heterocycles. The molecule has 0 saturated heterocycles. The Morgan fingerprint density at radius 3 is 2.90 bits per heavy atom. The Bertz CT molecular complexity index is 252. The second kappa shape index (κ2) is 2.38. The van der Waals surface area contributed by atoms with Crippen molar-refractivity contribution >= 4 is 5.84 Å². The summed E-state index contributed by atoms with van der Waals surface area (Å²) in [5.41, 5.74) is 6.05. The molecule has 0 unspecified atom stereocenters. The molecule has 0 aliphatic carbocycles. The number of aromatic nitrogens is 1. The summed E-state index contributed by atoms with van der Waals surface area (Å²) in [4.78, 5) is 0. The monoisotopic (exact) mass is 140 g/mol. The second-order valence-corrected chi connectivity index (χ2v) is 1.85. The van der Waals surface area contributed by atoms with Crippen LogP contribution in [0.1, 0.15) is 11.5 Å². The molecule has 1 aromatic rings. The molecule has 4 N–H and O–H groups in total. The van der Waals surface area contributed by atoms with E-state index in [0.717, 1.165) is 5.69 Å². The molecule has 1 heterocycles. The van der Waals surface area contributed by atoms with Gasteiger partial charge in [0.15, 0.2) is 5.84 Å². The van der Waals surface area contributed by atoms with Crippen LogP contribution < -0.4 is 11.6 Å². The van der Waals surface area contributed by atoms with Gasteiger partial charge in [0.25, 0.3) is 0 Å². The average Bonchev–Trinajstić information content (AvgIpc) is 2.34. The van der Waals surface area contributed by atoms with Gasteiger partial charge < -0.3 is 16.1 Å². The van der Waals surface area contributed by atoms with Gasteiger partial charge >= 0.3 is 0 Å². The molecule has 0 saturated carbocycles. The van der Waals surface area contributed by atoms with Crippen LogP contribution in [-0.2, 0) is 0 Å². The summed E-state index contributed by atoms with van der Waals surface area (Å²) in [7, 11) is 0. The van der Waals surface area contributed by atoms with Crippen molar-refractivity contribution in [3.05, 3.63) is 17.5 Å². The number of aryl methyl sites for hydroxylation is 1. The maximum absolute atomic E-state index is 5.30. The molecular weight excluding hydrogens is 132 g/mol. The topological polar surface area (TPSA) is 90.4 Å². The highest BCUT2D eigenvalue weighted by Crippen LogP contribution is 1.99. The molecule has 0 bridgehead atoms. The molecule has 5 nitrogen and oxygen atoms in total. The van der Waals surface area contributed by atoms with Crippen LogP contribution in [0.3, 0.4) is 0 Å². The maximum Gasteiger partial charge on any atom is 0.203 e. The van der Waals surface area contributed by atoms with Crippen LogP contribution in [0.15, 0.2) is 15.7 Å². The largest absolute Gasteiger partial charge is 0.379 e. The highest BCUT2D eigenvalue weighted by molar-refractivity contribution is 5.94. The maximum atomic E-state index is 5.30. The number of rotatable bonds is 1. The van der Waals surface area contributed by atoms with Gasteiger partial charge in [-0.2, -0.15) is 5.10 Å². The summed E-state index contributed by atoms with van der Waals surface area (Å²) in [6.45, 7) is 1.79. The first-order chi connectivity index (χ1) is 4.74. The lowest BCUT2D eigenvalue weighted by Gasteiger charge is -1.86. The third-order valence-corrected chi connectivity index (χ3v) is 1.02. The number of hydrogen-bond donors (Lipinski definition) is 2. The van der Waals surface area contributed by atoms with Crippen LogP contribution in [0.5, 0.6) is 0 Å². The molecule has 0 amide bonds. The van der Waals surface area contributed by atoms with Gasteiger partial charge in [-0.15, -0.1) is 0 Å². The van der Waals surface area contributed by atoms with E-state index in [2.05, 4.69) is 10.3 Å². The summed E-state index contributed by atoms with van der Waals surface area (Å²) in [6, 6.07) is 1.66. The summed E-state index contributed by atoms with van der Waals surface area (Å²) in [6.07, 6.45) is 0. The lowest BCUT2D eigenvalue weighted by Crippen LogP contribution is -2.14. The average molecular weight is 140 g/mol. The van der Waals surface area contributed by atoms with E-state index in [1.807, 2.05) is 0 Å². The van der Waals surface area contributed by atoms with Crippen LogP contribution >= 0.6 is 0 Å². The van der Waals surface area contributed by atoms with Crippen molar-refractivity contribution < 1.29 is 4.52 Å². The fourth-order valence-corrected chi connectivity index (χ4v) is 0.548. The zero-order valence-electron chi connectivity index (χ0n) is 5.53. The number of hydrogen-bond acceptors (Lipinski definition) is 4. The molecule has 5 heteroatoms. The van der Waals surface area contributed by atoms with Gasteiger partial charge in [-0.3, -0.25) is 0 Å². The molecule has 1 aromatic heterocycles. The van der Waals surface area contributed by atoms with Crippen LogP contribution in [-0.4, -0.2) is 11.0 Å². The number of nitrogens with two attached hydrogens (primary N) is 2. The third-order valence-electron chi connectivity index (χ3n) is 1.02. The van der Waals surface area contributed by atoms with Crippen LogP contribution in [0.4, 0.5) is 0 Å². The zero-order valence-corrected chi connectivity index (χ0v) is 5.53. The van der Waals surface area contributed by atoms with E-state index in [1.165, 1.54) is 0 Å². The van der Waals surface area contributed by atoms with Crippen molar-refractivity contribution in [1.29, 1.82) is 0 Å². The van der Waals surface area contributed by atoms with E-state index in [4.69, 9.17) is 16.1 Å². The Labute approximate surface area is 57.7 Å². The van der Waals surface area contributed by atoms with Crippen molar-refractivity contribution in [2.75, 3.05) is 0 Å². The van der Waals surface area contributed by atoms with Crippen LogP contribution in [0, 0.1) is 6.92 Å². The fourth-order valence-electron chi connectivity index (χ4n) is 0.548. The van der Waals surface area contributed by atoms with E-state index in [1.54, 1.807) is 13.0 Å². The smallest absolute Gasteiger partial charge is 0.203 e. The first kappa shape index (κ1) is 6.60. The Morgan fingerprint density at radius 2 is 2.50 bits per heavy atom. The molecule has 54 valence electrons. The standard InChI is InChI=1S/C5H8N4O/c1-3-2-4(10-9-3)5(6)8-7/h2H,7H2,1H3,(H2,6,8). The van der Waals surface area contributed by atoms with Gasteiger partial charge in [-0.1, -0.05) is 5.16 Å². The van der Waals surface area contributed by atoms with Gasteiger partial charge in [-0.25, -0.2) is 0 Å². The molecule has 1 rings (SSSR count). The number of amidine groups is 1. The van der Waals surface area contributed by atoms with E-state index in [-0.39, 0.29) is 5.84 Å². The predicted molar refractivity (Wildman–Crippen MR) is 36.2 cm³/mol. The van der Waals surface area contributed by atoms with Gasteiger partial charge in [-0.05, 0) is 6.92 Å². The predicted octanol–water partition coefficient (Wildman–Crippen LogP) is -0.438. The Morgan fingerprint density at radius 1 is 1.80 bits per heavy atom.